The lowest BCUT2D eigenvalue weighted by molar-refractivity contribution is 1.15. The van der Waals surface area contributed by atoms with Crippen molar-refractivity contribution >= 4 is 17.4 Å². The number of hydrogen-bond donors (Lipinski definition) is 1. The van der Waals surface area contributed by atoms with Crippen molar-refractivity contribution in [3.05, 3.63) is 58.2 Å². The smallest absolute Gasteiger partial charge is 0.126 e. The van der Waals surface area contributed by atoms with Crippen molar-refractivity contribution in [2.24, 2.45) is 0 Å². The Balaban J connectivity index is 2.30. The highest BCUT2D eigenvalue weighted by Gasteiger charge is 2.03. The Bertz CT molecular complexity index is 509. The van der Waals surface area contributed by atoms with Crippen LogP contribution in [0.1, 0.15) is 16.7 Å². The van der Waals surface area contributed by atoms with E-state index in [4.69, 9.17) is 17.3 Å². The van der Waals surface area contributed by atoms with E-state index in [1.807, 2.05) is 12.1 Å². The number of nitrogen functional groups attached to an aromatic ring is 1. The highest BCUT2D eigenvalue weighted by Crippen LogP contribution is 2.19. The number of benzene rings is 1. The number of nitrogens with two attached hydrogens (primary N) is 1. The van der Waals surface area contributed by atoms with Crippen LogP contribution in [0.5, 0.6) is 0 Å². The lowest BCUT2D eigenvalue weighted by Crippen LogP contribution is -1.98. The number of aromatic nitrogens is 1. The number of nitrogens with zero attached hydrogens (tertiary/aromatic N) is 1. The summed E-state index contributed by atoms with van der Waals surface area (Å²) in [6.07, 6.45) is 2.33. The maximum absolute atomic E-state index is 5.90. The first-order valence-corrected chi connectivity index (χ1v) is 5.48. The molecule has 0 spiro atoms. The molecular formula is C13H13ClN2. The minimum absolute atomic E-state index is 0.547. The van der Waals surface area contributed by atoms with Crippen molar-refractivity contribution in [2.45, 2.75) is 13.3 Å². The van der Waals surface area contributed by atoms with E-state index in [9.17, 15) is 0 Å². The Morgan fingerprint density at radius 2 is 2.12 bits per heavy atom. The van der Waals surface area contributed by atoms with Gasteiger partial charge in [-0.2, -0.15) is 0 Å². The summed E-state index contributed by atoms with van der Waals surface area (Å²) in [6.45, 7) is 2.07. The molecule has 0 atom stereocenters. The second-order valence-electron chi connectivity index (χ2n) is 3.86. The Labute approximate surface area is 100 Å². The zero-order valence-corrected chi connectivity index (χ0v) is 9.83. The number of halogens is 1. The van der Waals surface area contributed by atoms with Gasteiger partial charge in [-0.05, 0) is 18.6 Å². The molecule has 0 saturated carbocycles. The lowest BCUT2D eigenvalue weighted by atomic mass is 10.0. The van der Waals surface area contributed by atoms with Crippen molar-refractivity contribution in [2.75, 3.05) is 5.73 Å². The van der Waals surface area contributed by atoms with Crippen LogP contribution in [-0.4, -0.2) is 4.98 Å². The summed E-state index contributed by atoms with van der Waals surface area (Å²) in [5, 5.41) is 0.622. The third-order valence-electron chi connectivity index (χ3n) is 2.45. The monoisotopic (exact) mass is 232 g/mol. The maximum Gasteiger partial charge on any atom is 0.126 e. The quantitative estimate of drug-likeness (QED) is 0.864. The Morgan fingerprint density at radius 3 is 2.88 bits per heavy atom. The summed E-state index contributed by atoms with van der Waals surface area (Å²) in [6, 6.07) is 10.2. The molecule has 3 heteroatoms. The maximum atomic E-state index is 5.90. The van der Waals surface area contributed by atoms with Crippen molar-refractivity contribution in [1.82, 2.24) is 4.98 Å². The van der Waals surface area contributed by atoms with E-state index in [0.717, 1.165) is 12.0 Å². The number of pyridine rings is 1. The zero-order valence-electron chi connectivity index (χ0n) is 9.07. The van der Waals surface area contributed by atoms with Crippen LogP contribution in [0.25, 0.3) is 0 Å². The van der Waals surface area contributed by atoms with Gasteiger partial charge in [0.1, 0.15) is 5.82 Å². The Kier molecular flexibility index (Phi) is 3.11. The van der Waals surface area contributed by atoms with Crippen molar-refractivity contribution < 1.29 is 0 Å². The number of hydrogen-bond acceptors (Lipinski definition) is 2. The van der Waals surface area contributed by atoms with Gasteiger partial charge in [-0.1, -0.05) is 41.4 Å². The molecule has 2 N–H and O–H groups in total. The molecule has 0 aliphatic rings. The van der Waals surface area contributed by atoms with Crippen molar-refractivity contribution in [3.8, 4) is 0 Å². The fourth-order valence-corrected chi connectivity index (χ4v) is 1.86. The SMILES string of the molecule is Cc1cccc(Cc2cc(Cl)cnc2N)c1. The molecule has 0 amide bonds. The minimum Gasteiger partial charge on any atom is -0.383 e. The van der Waals surface area contributed by atoms with Crippen LogP contribution < -0.4 is 5.73 Å². The summed E-state index contributed by atoms with van der Waals surface area (Å²) >= 11 is 5.90. The van der Waals surface area contributed by atoms with Crippen LogP contribution in [-0.2, 0) is 6.42 Å². The molecule has 1 aromatic carbocycles. The summed E-state index contributed by atoms with van der Waals surface area (Å²) in [4.78, 5) is 4.04. The molecule has 1 aromatic heterocycles. The molecule has 1 heterocycles. The Hall–Kier alpha value is -1.54. The largest absolute Gasteiger partial charge is 0.383 e. The topological polar surface area (TPSA) is 38.9 Å². The molecule has 0 aliphatic carbocycles. The van der Waals surface area contributed by atoms with Crippen LogP contribution in [0.4, 0.5) is 5.82 Å². The van der Waals surface area contributed by atoms with E-state index in [1.165, 1.54) is 11.1 Å². The molecule has 2 rings (SSSR count). The molecule has 0 fully saturated rings. The average molecular weight is 233 g/mol. The van der Waals surface area contributed by atoms with Gasteiger partial charge >= 0.3 is 0 Å². The molecule has 2 aromatic rings. The van der Waals surface area contributed by atoms with E-state index in [-0.39, 0.29) is 0 Å². The van der Waals surface area contributed by atoms with Crippen molar-refractivity contribution in [3.63, 3.8) is 0 Å². The molecule has 0 unspecified atom stereocenters. The first-order chi connectivity index (χ1) is 7.65. The summed E-state index contributed by atoms with van der Waals surface area (Å²) in [5.41, 5.74) is 9.24. The van der Waals surface area contributed by atoms with Gasteiger partial charge in [-0.3, -0.25) is 0 Å². The summed E-state index contributed by atoms with van der Waals surface area (Å²) in [7, 11) is 0. The van der Waals surface area contributed by atoms with Crippen LogP contribution in [0.3, 0.4) is 0 Å². The van der Waals surface area contributed by atoms with E-state index in [1.54, 1.807) is 6.20 Å². The molecule has 0 saturated heterocycles. The van der Waals surface area contributed by atoms with Crippen LogP contribution in [0.15, 0.2) is 36.5 Å². The first kappa shape index (κ1) is 11.0. The fourth-order valence-electron chi connectivity index (χ4n) is 1.68. The van der Waals surface area contributed by atoms with E-state index < -0.39 is 0 Å². The number of anilines is 1. The zero-order chi connectivity index (χ0) is 11.5. The summed E-state index contributed by atoms with van der Waals surface area (Å²) in [5.74, 6) is 0.547. The third-order valence-corrected chi connectivity index (χ3v) is 2.65. The van der Waals surface area contributed by atoms with E-state index >= 15 is 0 Å². The van der Waals surface area contributed by atoms with E-state index in [2.05, 4.69) is 30.1 Å². The van der Waals surface area contributed by atoms with Crippen LogP contribution in [0, 0.1) is 6.92 Å². The lowest BCUT2D eigenvalue weighted by Gasteiger charge is -2.06. The molecular weight excluding hydrogens is 220 g/mol. The normalized spacial score (nSPS) is 10.4. The van der Waals surface area contributed by atoms with Crippen LogP contribution in [0.2, 0.25) is 5.02 Å². The molecule has 2 nitrogen and oxygen atoms in total. The second-order valence-corrected chi connectivity index (χ2v) is 4.30. The van der Waals surface area contributed by atoms with Gasteiger partial charge in [-0.15, -0.1) is 0 Å². The number of aryl methyl sites for hydroxylation is 1. The minimum atomic E-state index is 0.547. The van der Waals surface area contributed by atoms with Gasteiger partial charge in [-0.25, -0.2) is 4.98 Å². The third kappa shape index (κ3) is 2.52. The first-order valence-electron chi connectivity index (χ1n) is 5.10. The predicted octanol–water partition coefficient (Wildman–Crippen LogP) is 3.22. The average Bonchev–Trinajstić information content (AvgIpc) is 2.24. The van der Waals surface area contributed by atoms with Gasteiger partial charge in [0.25, 0.3) is 0 Å². The Morgan fingerprint density at radius 1 is 1.31 bits per heavy atom. The number of rotatable bonds is 2. The van der Waals surface area contributed by atoms with Gasteiger partial charge in [0.15, 0.2) is 0 Å². The molecule has 0 radical (unpaired) electrons. The molecule has 0 bridgehead atoms. The highest BCUT2D eigenvalue weighted by molar-refractivity contribution is 6.30. The van der Waals surface area contributed by atoms with Crippen molar-refractivity contribution in [1.29, 1.82) is 0 Å². The van der Waals surface area contributed by atoms with Gasteiger partial charge in [0.05, 0.1) is 5.02 Å². The van der Waals surface area contributed by atoms with Gasteiger partial charge in [0.2, 0.25) is 0 Å². The standard InChI is InChI=1S/C13H13ClN2/c1-9-3-2-4-10(5-9)6-11-7-12(14)8-16-13(11)15/h2-5,7-8H,6H2,1H3,(H2,15,16). The summed E-state index contributed by atoms with van der Waals surface area (Å²) < 4.78 is 0. The molecule has 82 valence electrons. The van der Waals surface area contributed by atoms with E-state index in [0.29, 0.717) is 10.8 Å². The van der Waals surface area contributed by atoms with Gasteiger partial charge < -0.3 is 5.73 Å². The second kappa shape index (κ2) is 4.54. The van der Waals surface area contributed by atoms with Gasteiger partial charge in [0, 0.05) is 18.2 Å². The molecule has 16 heavy (non-hydrogen) atoms. The van der Waals surface area contributed by atoms with Crippen LogP contribution >= 0.6 is 11.6 Å². The highest BCUT2D eigenvalue weighted by atomic mass is 35.5. The molecule has 0 aliphatic heterocycles. The predicted molar refractivity (Wildman–Crippen MR) is 67.6 cm³/mol. The fraction of sp³-hybridized carbons (Fsp3) is 0.154.